The third-order valence-electron chi connectivity index (χ3n) is 5.46. The van der Waals surface area contributed by atoms with E-state index in [2.05, 4.69) is 10.4 Å². The molecule has 1 unspecified atom stereocenters. The summed E-state index contributed by atoms with van der Waals surface area (Å²) in [5, 5.41) is 6.67. The van der Waals surface area contributed by atoms with Crippen LogP contribution in [0.25, 0.3) is 5.69 Å². The molecule has 1 amide bonds. The Morgan fingerprint density at radius 1 is 1.09 bits per heavy atom. The number of rotatable bonds is 5. The Kier molecular flexibility index (Phi) is 6.29. The molecule has 1 N–H and O–H groups in total. The maximum Gasteiger partial charge on any atom is 0.434 e. The van der Waals surface area contributed by atoms with Gasteiger partial charge in [-0.05, 0) is 48.7 Å². The van der Waals surface area contributed by atoms with Gasteiger partial charge < -0.3 is 10.2 Å². The fourth-order valence-corrected chi connectivity index (χ4v) is 3.94. The lowest BCUT2D eigenvalue weighted by atomic mass is 10.1. The first-order chi connectivity index (χ1) is 15.6. The number of benzene rings is 2. The van der Waals surface area contributed by atoms with Gasteiger partial charge in [-0.25, -0.2) is 13.5 Å². The zero-order valence-corrected chi connectivity index (χ0v) is 17.8. The lowest BCUT2D eigenvalue weighted by Gasteiger charge is -2.19. The number of halogens is 6. The van der Waals surface area contributed by atoms with Crippen molar-refractivity contribution >= 4 is 23.2 Å². The molecule has 1 aliphatic heterocycles. The first-order valence-electron chi connectivity index (χ1n) is 10.0. The van der Waals surface area contributed by atoms with Crippen molar-refractivity contribution < 1.29 is 26.7 Å². The Labute approximate surface area is 190 Å². The van der Waals surface area contributed by atoms with Crippen molar-refractivity contribution in [2.24, 2.45) is 5.92 Å². The minimum atomic E-state index is -4.82. The molecule has 1 aromatic heterocycles. The predicted molar refractivity (Wildman–Crippen MR) is 113 cm³/mol. The van der Waals surface area contributed by atoms with Crippen molar-refractivity contribution in [3.8, 4) is 5.69 Å². The summed E-state index contributed by atoms with van der Waals surface area (Å²) in [6.07, 6.45) is -3.30. The SMILES string of the molecule is O=C(NCC1CCN(c2ccc(F)c(F)c2)C1)c1cnn(-c2ccc(Cl)cc2)c1C(F)(F)F. The maximum atomic E-state index is 13.8. The van der Waals surface area contributed by atoms with E-state index in [9.17, 15) is 26.7 Å². The van der Waals surface area contributed by atoms with Crippen molar-refractivity contribution in [3.63, 3.8) is 0 Å². The summed E-state index contributed by atoms with van der Waals surface area (Å²) in [4.78, 5) is 14.4. The molecular weight excluding hydrogens is 467 g/mol. The molecule has 0 spiro atoms. The van der Waals surface area contributed by atoms with Crippen LogP contribution >= 0.6 is 11.6 Å². The van der Waals surface area contributed by atoms with Crippen LogP contribution in [0.2, 0.25) is 5.02 Å². The van der Waals surface area contributed by atoms with Gasteiger partial charge in [0, 0.05) is 36.4 Å². The number of hydrogen-bond acceptors (Lipinski definition) is 3. The lowest BCUT2D eigenvalue weighted by Crippen LogP contribution is -2.32. The average molecular weight is 485 g/mol. The minimum absolute atomic E-state index is 0.0669. The number of amides is 1. The van der Waals surface area contributed by atoms with Gasteiger partial charge >= 0.3 is 6.18 Å². The molecule has 0 bridgehead atoms. The first kappa shape index (κ1) is 23.0. The van der Waals surface area contributed by atoms with Gasteiger partial charge in [0.1, 0.15) is 0 Å². The van der Waals surface area contributed by atoms with Gasteiger partial charge in [0.25, 0.3) is 5.91 Å². The molecule has 174 valence electrons. The largest absolute Gasteiger partial charge is 0.434 e. The van der Waals surface area contributed by atoms with E-state index in [0.717, 1.165) is 18.3 Å². The third-order valence-corrected chi connectivity index (χ3v) is 5.71. The molecule has 33 heavy (non-hydrogen) atoms. The summed E-state index contributed by atoms with van der Waals surface area (Å²) in [6.45, 7) is 1.12. The van der Waals surface area contributed by atoms with Crippen LogP contribution in [0.1, 0.15) is 22.5 Å². The van der Waals surface area contributed by atoms with E-state index < -0.39 is 35.0 Å². The molecule has 5 nitrogen and oxygen atoms in total. The minimum Gasteiger partial charge on any atom is -0.371 e. The smallest absolute Gasteiger partial charge is 0.371 e. The van der Waals surface area contributed by atoms with Crippen LogP contribution in [0.5, 0.6) is 0 Å². The van der Waals surface area contributed by atoms with Gasteiger partial charge in [0.05, 0.1) is 17.4 Å². The molecule has 2 heterocycles. The molecule has 1 saturated heterocycles. The molecule has 2 aromatic carbocycles. The fraction of sp³-hybridized carbons (Fsp3) is 0.273. The molecule has 3 aromatic rings. The summed E-state index contributed by atoms with van der Waals surface area (Å²) in [5.74, 6) is -2.86. The number of anilines is 1. The van der Waals surface area contributed by atoms with Crippen LogP contribution in [0.15, 0.2) is 48.7 Å². The molecule has 11 heteroatoms. The topological polar surface area (TPSA) is 50.2 Å². The molecule has 4 rings (SSSR count). The van der Waals surface area contributed by atoms with E-state index >= 15 is 0 Å². The molecule has 1 fully saturated rings. The number of hydrogen-bond donors (Lipinski definition) is 1. The van der Waals surface area contributed by atoms with E-state index in [1.807, 2.05) is 4.90 Å². The van der Waals surface area contributed by atoms with Gasteiger partial charge in [-0.1, -0.05) is 11.6 Å². The summed E-state index contributed by atoms with van der Waals surface area (Å²) < 4.78 is 68.6. The highest BCUT2D eigenvalue weighted by Crippen LogP contribution is 2.34. The van der Waals surface area contributed by atoms with Crippen molar-refractivity contribution in [2.45, 2.75) is 12.6 Å². The highest BCUT2D eigenvalue weighted by molar-refractivity contribution is 6.30. The first-order valence-corrected chi connectivity index (χ1v) is 10.4. The summed E-state index contributed by atoms with van der Waals surface area (Å²) in [5.41, 5.74) is -1.15. The third kappa shape index (κ3) is 4.95. The van der Waals surface area contributed by atoms with Crippen molar-refractivity contribution in [2.75, 3.05) is 24.5 Å². The van der Waals surface area contributed by atoms with E-state index in [1.54, 1.807) is 0 Å². The molecule has 0 saturated carbocycles. The van der Waals surface area contributed by atoms with Gasteiger partial charge in [-0.15, -0.1) is 0 Å². The zero-order valence-electron chi connectivity index (χ0n) is 17.0. The second-order valence-corrected chi connectivity index (χ2v) is 8.14. The zero-order chi connectivity index (χ0) is 23.8. The fourth-order valence-electron chi connectivity index (χ4n) is 3.81. The summed E-state index contributed by atoms with van der Waals surface area (Å²) in [6, 6.07) is 9.19. The Morgan fingerprint density at radius 3 is 2.45 bits per heavy atom. The quantitative estimate of drug-likeness (QED) is 0.514. The van der Waals surface area contributed by atoms with Crippen molar-refractivity contribution in [3.05, 3.63) is 76.6 Å². The van der Waals surface area contributed by atoms with Gasteiger partial charge in [-0.2, -0.15) is 18.3 Å². The normalized spacial score (nSPS) is 16.3. The van der Waals surface area contributed by atoms with Crippen LogP contribution in [0.4, 0.5) is 27.6 Å². The molecule has 0 aliphatic carbocycles. The summed E-state index contributed by atoms with van der Waals surface area (Å²) in [7, 11) is 0. The monoisotopic (exact) mass is 484 g/mol. The number of nitrogens with one attached hydrogen (secondary N) is 1. The van der Waals surface area contributed by atoms with Crippen LogP contribution in [-0.2, 0) is 6.18 Å². The Balaban J connectivity index is 1.45. The van der Waals surface area contributed by atoms with Gasteiger partial charge in [0.15, 0.2) is 17.3 Å². The van der Waals surface area contributed by atoms with Crippen LogP contribution in [0, 0.1) is 17.6 Å². The van der Waals surface area contributed by atoms with E-state index in [0.29, 0.717) is 34.9 Å². The standard InChI is InChI=1S/C22H18ClF5N4O/c23-14-1-3-15(4-2-14)32-20(22(26,27)28)17(11-30-32)21(33)29-10-13-7-8-31(12-13)16-5-6-18(24)19(25)9-16/h1-6,9,11,13H,7-8,10,12H2,(H,29,33). The van der Waals surface area contributed by atoms with Crippen LogP contribution in [-0.4, -0.2) is 35.3 Å². The molecule has 0 radical (unpaired) electrons. The highest BCUT2D eigenvalue weighted by Gasteiger charge is 2.40. The Morgan fingerprint density at radius 2 is 1.79 bits per heavy atom. The molecular formula is C22H18ClF5N4O. The maximum absolute atomic E-state index is 13.8. The second-order valence-electron chi connectivity index (χ2n) is 7.70. The lowest BCUT2D eigenvalue weighted by molar-refractivity contribution is -0.143. The van der Waals surface area contributed by atoms with Gasteiger partial charge in [-0.3, -0.25) is 4.79 Å². The van der Waals surface area contributed by atoms with E-state index in [1.165, 1.54) is 30.3 Å². The van der Waals surface area contributed by atoms with Crippen LogP contribution < -0.4 is 10.2 Å². The molecule has 1 atom stereocenters. The number of carbonyl (C=O) groups excluding carboxylic acids is 1. The second kappa shape index (κ2) is 9.01. The number of nitrogens with zero attached hydrogens (tertiary/aromatic N) is 3. The Bertz CT molecular complexity index is 1160. The summed E-state index contributed by atoms with van der Waals surface area (Å²) >= 11 is 5.80. The van der Waals surface area contributed by atoms with E-state index in [4.69, 9.17) is 11.6 Å². The number of aromatic nitrogens is 2. The molecule has 1 aliphatic rings. The number of alkyl halides is 3. The Hall–Kier alpha value is -3.14. The predicted octanol–water partition coefficient (Wildman–Crippen LogP) is 5.08. The van der Waals surface area contributed by atoms with Crippen LogP contribution in [0.3, 0.4) is 0 Å². The average Bonchev–Trinajstić information content (AvgIpc) is 3.42. The van der Waals surface area contributed by atoms with Crippen molar-refractivity contribution in [1.29, 1.82) is 0 Å². The van der Waals surface area contributed by atoms with Crippen molar-refractivity contribution in [1.82, 2.24) is 15.1 Å². The number of carbonyl (C=O) groups is 1. The van der Waals surface area contributed by atoms with Gasteiger partial charge in [0.2, 0.25) is 0 Å². The van der Waals surface area contributed by atoms with E-state index in [-0.39, 0.29) is 18.2 Å². The highest BCUT2D eigenvalue weighted by atomic mass is 35.5.